The summed E-state index contributed by atoms with van der Waals surface area (Å²) in [5.41, 5.74) is 3.58. The van der Waals surface area contributed by atoms with E-state index < -0.39 is 0 Å². The van der Waals surface area contributed by atoms with Gasteiger partial charge < -0.3 is 14.8 Å². The topological polar surface area (TPSA) is 48.3 Å². The van der Waals surface area contributed by atoms with E-state index in [2.05, 4.69) is 50.6 Å². The molecule has 136 valence electrons. The van der Waals surface area contributed by atoms with Crippen molar-refractivity contribution in [2.45, 2.75) is 19.6 Å². The molecular weight excluding hydrogens is 394 g/mol. The standard InChI is InChI=1S/C20H22BrN3O2/c1-25-17-10-19(21)18(20(11-17)26-2)13-22-12-15-6-3-4-7-16(15)14-24-9-5-8-23-24/h3-11,22H,12-14H2,1-2H3. The summed E-state index contributed by atoms with van der Waals surface area (Å²) in [7, 11) is 3.32. The quantitative estimate of drug-likeness (QED) is 0.603. The summed E-state index contributed by atoms with van der Waals surface area (Å²) < 4.78 is 13.7. The molecule has 1 heterocycles. The van der Waals surface area contributed by atoms with Crippen LogP contribution in [0.1, 0.15) is 16.7 Å². The lowest BCUT2D eigenvalue weighted by molar-refractivity contribution is 0.389. The maximum atomic E-state index is 5.50. The van der Waals surface area contributed by atoms with Crippen LogP contribution in [0, 0.1) is 0 Å². The number of methoxy groups -OCH3 is 2. The Kier molecular flexibility index (Phi) is 6.30. The number of hydrogen-bond acceptors (Lipinski definition) is 4. The largest absolute Gasteiger partial charge is 0.497 e. The van der Waals surface area contributed by atoms with E-state index in [1.807, 2.05) is 29.1 Å². The van der Waals surface area contributed by atoms with Crippen molar-refractivity contribution in [3.8, 4) is 11.5 Å². The van der Waals surface area contributed by atoms with Crippen molar-refractivity contribution in [1.82, 2.24) is 15.1 Å². The van der Waals surface area contributed by atoms with Crippen LogP contribution in [0.2, 0.25) is 0 Å². The molecule has 0 aliphatic rings. The molecule has 0 fully saturated rings. The first-order valence-corrected chi connectivity index (χ1v) is 9.16. The van der Waals surface area contributed by atoms with Crippen molar-refractivity contribution in [2.24, 2.45) is 0 Å². The second-order valence-electron chi connectivity index (χ2n) is 5.87. The van der Waals surface area contributed by atoms with Crippen LogP contribution in [0.4, 0.5) is 0 Å². The predicted molar refractivity (Wildman–Crippen MR) is 106 cm³/mol. The zero-order chi connectivity index (χ0) is 18.4. The SMILES string of the molecule is COc1cc(Br)c(CNCc2ccccc2Cn2cccn2)c(OC)c1. The molecule has 0 radical (unpaired) electrons. The molecule has 0 aliphatic heterocycles. The maximum Gasteiger partial charge on any atom is 0.128 e. The van der Waals surface area contributed by atoms with Crippen LogP contribution in [-0.2, 0) is 19.6 Å². The zero-order valence-electron chi connectivity index (χ0n) is 14.9. The van der Waals surface area contributed by atoms with Crippen LogP contribution in [0.25, 0.3) is 0 Å². The first kappa shape index (κ1) is 18.5. The van der Waals surface area contributed by atoms with Gasteiger partial charge in [-0.2, -0.15) is 5.10 Å². The van der Waals surface area contributed by atoms with E-state index in [1.165, 1.54) is 11.1 Å². The molecule has 3 aromatic rings. The van der Waals surface area contributed by atoms with Crippen LogP contribution < -0.4 is 14.8 Å². The van der Waals surface area contributed by atoms with E-state index in [0.29, 0.717) is 6.54 Å². The Morgan fingerprint density at radius 2 is 1.85 bits per heavy atom. The van der Waals surface area contributed by atoms with Gasteiger partial charge in [0.1, 0.15) is 11.5 Å². The molecule has 6 heteroatoms. The van der Waals surface area contributed by atoms with Gasteiger partial charge in [-0.25, -0.2) is 0 Å². The lowest BCUT2D eigenvalue weighted by atomic mass is 10.1. The summed E-state index contributed by atoms with van der Waals surface area (Å²) in [5.74, 6) is 1.57. The van der Waals surface area contributed by atoms with Gasteiger partial charge >= 0.3 is 0 Å². The first-order valence-electron chi connectivity index (χ1n) is 8.36. The van der Waals surface area contributed by atoms with Gasteiger partial charge in [-0.3, -0.25) is 4.68 Å². The van der Waals surface area contributed by atoms with E-state index in [1.54, 1.807) is 20.4 Å². The highest BCUT2D eigenvalue weighted by atomic mass is 79.9. The van der Waals surface area contributed by atoms with Gasteiger partial charge in [0.2, 0.25) is 0 Å². The fraction of sp³-hybridized carbons (Fsp3) is 0.250. The Morgan fingerprint density at radius 1 is 1.04 bits per heavy atom. The fourth-order valence-corrected chi connectivity index (χ4v) is 3.40. The van der Waals surface area contributed by atoms with Gasteiger partial charge in [0.15, 0.2) is 0 Å². The van der Waals surface area contributed by atoms with E-state index in [0.717, 1.165) is 34.6 Å². The van der Waals surface area contributed by atoms with Crippen molar-refractivity contribution in [2.75, 3.05) is 14.2 Å². The van der Waals surface area contributed by atoms with Gasteiger partial charge in [0.05, 0.1) is 20.8 Å². The number of aromatic nitrogens is 2. The highest BCUT2D eigenvalue weighted by Crippen LogP contribution is 2.32. The Balaban J connectivity index is 1.69. The van der Waals surface area contributed by atoms with E-state index in [9.17, 15) is 0 Å². The number of nitrogens with one attached hydrogen (secondary N) is 1. The fourth-order valence-electron chi connectivity index (χ4n) is 2.83. The smallest absolute Gasteiger partial charge is 0.128 e. The normalized spacial score (nSPS) is 10.7. The molecule has 2 aromatic carbocycles. The number of hydrogen-bond donors (Lipinski definition) is 1. The van der Waals surface area contributed by atoms with Crippen LogP contribution in [0.3, 0.4) is 0 Å². The molecule has 3 rings (SSSR count). The third-order valence-electron chi connectivity index (χ3n) is 4.21. The molecule has 0 spiro atoms. The van der Waals surface area contributed by atoms with Crippen molar-refractivity contribution >= 4 is 15.9 Å². The second kappa shape index (κ2) is 8.87. The second-order valence-corrected chi connectivity index (χ2v) is 6.72. The van der Waals surface area contributed by atoms with Gasteiger partial charge in [0, 0.05) is 41.6 Å². The van der Waals surface area contributed by atoms with Gasteiger partial charge in [-0.1, -0.05) is 40.2 Å². The third-order valence-corrected chi connectivity index (χ3v) is 4.92. The summed E-state index contributed by atoms with van der Waals surface area (Å²) >= 11 is 3.61. The Labute approximate surface area is 162 Å². The van der Waals surface area contributed by atoms with Gasteiger partial charge in [0.25, 0.3) is 0 Å². The van der Waals surface area contributed by atoms with Gasteiger partial charge in [-0.05, 0) is 23.3 Å². The molecule has 0 saturated carbocycles. The Hall–Kier alpha value is -2.31. The minimum Gasteiger partial charge on any atom is -0.497 e. The summed E-state index contributed by atoms with van der Waals surface area (Å²) in [6, 6.07) is 14.2. The van der Waals surface area contributed by atoms with Crippen molar-refractivity contribution in [3.05, 3.63) is 76.0 Å². The first-order chi connectivity index (χ1) is 12.7. The number of benzene rings is 2. The number of ether oxygens (including phenoxy) is 2. The lowest BCUT2D eigenvalue weighted by Crippen LogP contribution is -2.16. The monoisotopic (exact) mass is 415 g/mol. The average Bonchev–Trinajstić information content (AvgIpc) is 3.17. The summed E-state index contributed by atoms with van der Waals surface area (Å²) in [4.78, 5) is 0. The van der Waals surface area contributed by atoms with Crippen LogP contribution >= 0.6 is 15.9 Å². The Morgan fingerprint density at radius 3 is 2.54 bits per heavy atom. The maximum absolute atomic E-state index is 5.50. The summed E-state index contributed by atoms with van der Waals surface area (Å²) in [6.45, 7) is 2.21. The van der Waals surface area contributed by atoms with Crippen LogP contribution in [-0.4, -0.2) is 24.0 Å². The van der Waals surface area contributed by atoms with E-state index in [4.69, 9.17) is 9.47 Å². The third kappa shape index (κ3) is 4.45. The molecule has 0 aliphatic carbocycles. The van der Waals surface area contributed by atoms with Crippen LogP contribution in [0.5, 0.6) is 11.5 Å². The molecule has 5 nitrogen and oxygen atoms in total. The number of halogens is 1. The minimum absolute atomic E-state index is 0.684. The predicted octanol–water partition coefficient (Wildman–Crippen LogP) is 4.00. The van der Waals surface area contributed by atoms with E-state index in [-0.39, 0.29) is 0 Å². The molecule has 0 amide bonds. The molecule has 26 heavy (non-hydrogen) atoms. The minimum atomic E-state index is 0.684. The van der Waals surface area contributed by atoms with Crippen LogP contribution in [0.15, 0.2) is 59.3 Å². The zero-order valence-corrected chi connectivity index (χ0v) is 16.5. The summed E-state index contributed by atoms with van der Waals surface area (Å²) in [6.07, 6.45) is 3.78. The average molecular weight is 416 g/mol. The molecular formula is C20H22BrN3O2. The molecule has 1 aromatic heterocycles. The molecule has 0 saturated heterocycles. The highest BCUT2D eigenvalue weighted by molar-refractivity contribution is 9.10. The van der Waals surface area contributed by atoms with Crippen molar-refractivity contribution in [3.63, 3.8) is 0 Å². The molecule has 1 N–H and O–H groups in total. The lowest BCUT2D eigenvalue weighted by Gasteiger charge is -2.15. The summed E-state index contributed by atoms with van der Waals surface area (Å²) in [5, 5.41) is 7.80. The van der Waals surface area contributed by atoms with Crippen molar-refractivity contribution in [1.29, 1.82) is 0 Å². The van der Waals surface area contributed by atoms with Crippen molar-refractivity contribution < 1.29 is 9.47 Å². The van der Waals surface area contributed by atoms with E-state index >= 15 is 0 Å². The Bertz CT molecular complexity index is 850. The van der Waals surface area contributed by atoms with Gasteiger partial charge in [-0.15, -0.1) is 0 Å². The molecule has 0 bridgehead atoms. The number of rotatable bonds is 8. The number of nitrogens with zero attached hydrogens (tertiary/aromatic N) is 2. The molecule has 0 unspecified atom stereocenters. The highest BCUT2D eigenvalue weighted by Gasteiger charge is 2.11. The molecule has 0 atom stereocenters.